The minimum atomic E-state index is -0.316. The third-order valence-corrected chi connectivity index (χ3v) is 4.79. The Morgan fingerprint density at radius 2 is 2.07 bits per heavy atom. The molecular weight excluding hydrogens is 401 g/mol. The number of benzene rings is 2. The van der Waals surface area contributed by atoms with Crippen LogP contribution in [0.3, 0.4) is 0 Å². The summed E-state index contributed by atoms with van der Waals surface area (Å²) in [5.74, 6) is -0.0626. The predicted molar refractivity (Wildman–Crippen MR) is 105 cm³/mol. The number of hydrogen-bond acceptors (Lipinski definition) is 4. The van der Waals surface area contributed by atoms with Crippen LogP contribution in [0, 0.1) is 5.82 Å². The summed E-state index contributed by atoms with van der Waals surface area (Å²) in [6.45, 7) is 0.0937. The number of carbonyl (C=O) groups excluding carboxylic acids is 1. The molecule has 150 valence electrons. The smallest absolute Gasteiger partial charge is 0.290 e. The highest BCUT2D eigenvalue weighted by Crippen LogP contribution is 2.39. The number of halogens is 2. The van der Waals surface area contributed by atoms with Gasteiger partial charge in [0, 0.05) is 17.9 Å². The number of phenolic OH excluding ortho intramolecular Hbond substituents is 1. The van der Waals surface area contributed by atoms with Gasteiger partial charge >= 0.3 is 0 Å². The largest absolute Gasteiger partial charge is 0.506 e. The molecule has 29 heavy (non-hydrogen) atoms. The molecule has 0 fully saturated rings. The first-order valence-corrected chi connectivity index (χ1v) is 8.97. The maximum atomic E-state index is 13.4. The van der Waals surface area contributed by atoms with Gasteiger partial charge < -0.3 is 15.5 Å². The van der Waals surface area contributed by atoms with Crippen molar-refractivity contribution in [3.05, 3.63) is 76.2 Å². The van der Waals surface area contributed by atoms with Crippen molar-refractivity contribution in [3.63, 3.8) is 0 Å². The maximum Gasteiger partial charge on any atom is 0.290 e. The molecule has 3 N–H and O–H groups in total. The maximum absolute atomic E-state index is 13.4. The minimum Gasteiger partial charge on any atom is -0.506 e. The second-order valence-electron chi connectivity index (χ2n) is 6.36. The van der Waals surface area contributed by atoms with Gasteiger partial charge in [-0.1, -0.05) is 29.8 Å². The molecule has 9 heteroatoms. The van der Waals surface area contributed by atoms with Crippen molar-refractivity contribution >= 4 is 29.8 Å². The highest BCUT2D eigenvalue weighted by atomic mass is 35.5. The van der Waals surface area contributed by atoms with Crippen molar-refractivity contribution in [2.75, 3.05) is 5.32 Å². The Hall–Kier alpha value is -3.39. The zero-order chi connectivity index (χ0) is 21.0. The van der Waals surface area contributed by atoms with Crippen LogP contribution >= 0.6 is 11.6 Å². The Bertz CT molecular complexity index is 1050. The van der Waals surface area contributed by atoms with Crippen molar-refractivity contribution in [1.82, 2.24) is 9.78 Å². The summed E-state index contributed by atoms with van der Waals surface area (Å²) >= 11 is 6.02. The Kier molecular flexibility index (Phi) is 6.13. The fraction of sp³-hybridized carbons (Fsp3) is 0.150. The molecule has 1 atom stereocenters. The van der Waals surface area contributed by atoms with Crippen LogP contribution in [0.15, 0.2) is 48.7 Å². The minimum absolute atomic E-state index is 0.00213. The van der Waals surface area contributed by atoms with Gasteiger partial charge in [0.15, 0.2) is 0 Å². The van der Waals surface area contributed by atoms with Crippen molar-refractivity contribution in [1.29, 1.82) is 0 Å². The molecule has 0 aliphatic carbocycles. The topological polar surface area (TPSA) is 104 Å². The molecule has 2 heterocycles. The van der Waals surface area contributed by atoms with E-state index in [1.807, 2.05) is 0 Å². The van der Waals surface area contributed by atoms with E-state index in [0.29, 0.717) is 12.4 Å². The van der Waals surface area contributed by atoms with E-state index in [4.69, 9.17) is 21.5 Å². The highest BCUT2D eigenvalue weighted by molar-refractivity contribution is 6.32. The summed E-state index contributed by atoms with van der Waals surface area (Å²) in [4.78, 5) is 20.6. The molecule has 4 rings (SSSR count). The van der Waals surface area contributed by atoms with Crippen LogP contribution in [0.4, 0.5) is 10.2 Å². The zero-order valence-electron chi connectivity index (χ0n) is 15.0. The molecule has 1 aliphatic heterocycles. The molecule has 0 saturated heterocycles. The van der Waals surface area contributed by atoms with Gasteiger partial charge in [-0.25, -0.2) is 9.07 Å². The average Bonchev–Trinajstić information content (AvgIpc) is 3.06. The number of fused-ring (bicyclic) bond motifs is 1. The SMILES string of the molecule is O=C1CC(c2ccc(O)c(Cl)c2)c2cnn(Cc3cccc(F)c3)c2N1.O=CO. The lowest BCUT2D eigenvalue weighted by molar-refractivity contribution is -0.123. The lowest BCUT2D eigenvalue weighted by Gasteiger charge is -2.24. The molecule has 7 nitrogen and oxygen atoms in total. The monoisotopic (exact) mass is 417 g/mol. The van der Waals surface area contributed by atoms with E-state index in [-0.39, 0.29) is 41.3 Å². The number of carbonyl (C=O) groups is 2. The van der Waals surface area contributed by atoms with Crippen molar-refractivity contribution in [2.45, 2.75) is 18.9 Å². The van der Waals surface area contributed by atoms with Crippen molar-refractivity contribution in [2.24, 2.45) is 0 Å². The van der Waals surface area contributed by atoms with Crippen LogP contribution in [-0.4, -0.2) is 32.4 Å². The first-order chi connectivity index (χ1) is 13.9. The molecule has 0 saturated carbocycles. The number of carboxylic acid groups (broad SMARTS) is 1. The molecule has 3 aromatic rings. The van der Waals surface area contributed by atoms with Crippen molar-refractivity contribution in [3.8, 4) is 5.75 Å². The molecule has 0 radical (unpaired) electrons. The van der Waals surface area contributed by atoms with E-state index in [1.165, 1.54) is 18.2 Å². The number of amides is 1. The van der Waals surface area contributed by atoms with E-state index < -0.39 is 0 Å². The van der Waals surface area contributed by atoms with Gasteiger partial charge in [0.1, 0.15) is 17.4 Å². The van der Waals surface area contributed by atoms with Crippen LogP contribution in [0.5, 0.6) is 5.75 Å². The second-order valence-corrected chi connectivity index (χ2v) is 6.76. The number of nitrogens with zero attached hydrogens (tertiary/aromatic N) is 2. The summed E-state index contributed by atoms with van der Waals surface area (Å²) in [5.41, 5.74) is 2.44. The normalized spacial score (nSPS) is 15.0. The molecule has 1 amide bonds. The van der Waals surface area contributed by atoms with E-state index >= 15 is 0 Å². The summed E-state index contributed by atoms with van der Waals surface area (Å²) in [7, 11) is 0. The molecule has 1 aromatic heterocycles. The Morgan fingerprint density at radius 3 is 2.76 bits per heavy atom. The molecule has 2 aromatic carbocycles. The number of hydrogen-bond donors (Lipinski definition) is 3. The Labute approximate surface area is 170 Å². The Morgan fingerprint density at radius 1 is 1.31 bits per heavy atom. The van der Waals surface area contributed by atoms with Crippen LogP contribution in [0.25, 0.3) is 0 Å². The summed E-state index contributed by atoms with van der Waals surface area (Å²) in [6, 6.07) is 11.2. The number of phenols is 1. The van der Waals surface area contributed by atoms with Gasteiger partial charge in [-0.2, -0.15) is 5.10 Å². The zero-order valence-corrected chi connectivity index (χ0v) is 15.8. The second kappa shape index (κ2) is 8.74. The predicted octanol–water partition coefficient (Wildman–Crippen LogP) is 3.60. The van der Waals surface area contributed by atoms with E-state index in [0.717, 1.165) is 16.7 Å². The summed E-state index contributed by atoms with van der Waals surface area (Å²) in [5, 5.41) is 24.0. The lowest BCUT2D eigenvalue weighted by Crippen LogP contribution is -2.25. The van der Waals surface area contributed by atoms with Crippen LogP contribution in [-0.2, 0) is 16.1 Å². The quantitative estimate of drug-likeness (QED) is 0.565. The Balaban J connectivity index is 0.000000755. The fourth-order valence-corrected chi connectivity index (χ4v) is 3.42. The molecule has 1 unspecified atom stereocenters. The highest BCUT2D eigenvalue weighted by Gasteiger charge is 2.30. The molecule has 1 aliphatic rings. The van der Waals surface area contributed by atoms with Crippen LogP contribution in [0.1, 0.15) is 29.0 Å². The van der Waals surface area contributed by atoms with E-state index in [9.17, 15) is 14.3 Å². The van der Waals surface area contributed by atoms with Crippen LogP contribution in [0.2, 0.25) is 5.02 Å². The third kappa shape index (κ3) is 4.55. The van der Waals surface area contributed by atoms with Crippen LogP contribution < -0.4 is 5.32 Å². The first-order valence-electron chi connectivity index (χ1n) is 8.59. The van der Waals surface area contributed by atoms with Gasteiger partial charge in [-0.15, -0.1) is 0 Å². The van der Waals surface area contributed by atoms with Gasteiger partial charge in [-0.05, 0) is 35.4 Å². The van der Waals surface area contributed by atoms with E-state index in [1.54, 1.807) is 35.1 Å². The molecular formula is C20H17ClFN3O4. The number of nitrogens with one attached hydrogen (secondary N) is 1. The van der Waals surface area contributed by atoms with Gasteiger partial charge in [0.25, 0.3) is 6.47 Å². The first kappa shape index (κ1) is 20.3. The van der Waals surface area contributed by atoms with E-state index in [2.05, 4.69) is 10.4 Å². The lowest BCUT2D eigenvalue weighted by atomic mass is 9.87. The average molecular weight is 418 g/mol. The fourth-order valence-electron chi connectivity index (χ4n) is 3.24. The number of aromatic nitrogens is 2. The van der Waals surface area contributed by atoms with Crippen molar-refractivity contribution < 1.29 is 24.2 Å². The summed E-state index contributed by atoms with van der Waals surface area (Å²) in [6.07, 6.45) is 1.97. The number of aromatic hydroxyl groups is 1. The van der Waals surface area contributed by atoms with Gasteiger partial charge in [0.05, 0.1) is 17.8 Å². The number of rotatable bonds is 3. The number of anilines is 1. The molecule has 0 bridgehead atoms. The van der Waals surface area contributed by atoms with Gasteiger partial charge in [0.2, 0.25) is 5.91 Å². The third-order valence-electron chi connectivity index (χ3n) is 4.49. The summed E-state index contributed by atoms with van der Waals surface area (Å²) < 4.78 is 15.1. The van der Waals surface area contributed by atoms with Gasteiger partial charge in [-0.3, -0.25) is 9.59 Å². The standard InChI is InChI=1S/C19H15ClFN3O2.CH2O2/c20-16-7-12(4-5-17(16)25)14-8-18(26)23-19-15(14)9-22-24(19)10-11-2-1-3-13(21)6-11;2-1-3/h1-7,9,14,25H,8,10H2,(H,23,26);1H,(H,2,3). The molecule has 0 spiro atoms.